The fourth-order valence-electron chi connectivity index (χ4n) is 1.51. The minimum absolute atomic E-state index is 0.0204. The van der Waals surface area contributed by atoms with Crippen LogP contribution in [0.25, 0.3) is 0 Å². The van der Waals surface area contributed by atoms with Crippen LogP contribution in [0, 0.1) is 0 Å². The van der Waals surface area contributed by atoms with Gasteiger partial charge in [-0.3, -0.25) is 4.79 Å². The SMILES string of the molecule is CC(C)N(C)C(=O)CNC1(C)CCOC1. The van der Waals surface area contributed by atoms with Gasteiger partial charge in [-0.25, -0.2) is 0 Å². The lowest BCUT2D eigenvalue weighted by Gasteiger charge is -2.27. The summed E-state index contributed by atoms with van der Waals surface area (Å²) in [4.78, 5) is 13.5. The smallest absolute Gasteiger partial charge is 0.236 e. The van der Waals surface area contributed by atoms with Gasteiger partial charge in [0.2, 0.25) is 5.91 Å². The lowest BCUT2D eigenvalue weighted by molar-refractivity contribution is -0.130. The third-order valence-electron chi connectivity index (χ3n) is 3.05. The first-order chi connectivity index (χ1) is 6.94. The Morgan fingerprint density at radius 3 is 2.73 bits per heavy atom. The molecule has 0 spiro atoms. The van der Waals surface area contributed by atoms with Crippen LogP contribution in [-0.4, -0.2) is 49.2 Å². The summed E-state index contributed by atoms with van der Waals surface area (Å²) >= 11 is 0. The molecule has 0 bridgehead atoms. The molecule has 1 amide bonds. The Labute approximate surface area is 92.0 Å². The van der Waals surface area contributed by atoms with Crippen molar-refractivity contribution >= 4 is 5.91 Å². The number of carbonyl (C=O) groups is 1. The summed E-state index contributed by atoms with van der Waals surface area (Å²) in [5.41, 5.74) is -0.0204. The summed E-state index contributed by atoms with van der Waals surface area (Å²) < 4.78 is 5.31. The van der Waals surface area contributed by atoms with Gasteiger partial charge in [-0.05, 0) is 27.2 Å². The van der Waals surface area contributed by atoms with Crippen molar-refractivity contribution in [2.75, 3.05) is 26.8 Å². The van der Waals surface area contributed by atoms with Gasteiger partial charge in [0, 0.05) is 25.2 Å². The Morgan fingerprint density at radius 1 is 1.60 bits per heavy atom. The van der Waals surface area contributed by atoms with E-state index in [4.69, 9.17) is 4.74 Å². The molecule has 4 nitrogen and oxygen atoms in total. The van der Waals surface area contributed by atoms with Crippen LogP contribution in [0.1, 0.15) is 27.2 Å². The van der Waals surface area contributed by atoms with Gasteiger partial charge in [-0.15, -0.1) is 0 Å². The molecule has 1 aliphatic rings. The molecule has 1 heterocycles. The van der Waals surface area contributed by atoms with Crippen molar-refractivity contribution in [3.63, 3.8) is 0 Å². The van der Waals surface area contributed by atoms with E-state index in [0.29, 0.717) is 13.2 Å². The number of hydrogen-bond acceptors (Lipinski definition) is 3. The third kappa shape index (κ3) is 3.47. The average molecular weight is 214 g/mol. The Kier molecular flexibility index (Phi) is 4.11. The summed E-state index contributed by atoms with van der Waals surface area (Å²) in [6, 6.07) is 0.256. The van der Waals surface area contributed by atoms with E-state index in [-0.39, 0.29) is 17.5 Å². The summed E-state index contributed by atoms with van der Waals surface area (Å²) in [5.74, 6) is 0.137. The third-order valence-corrected chi connectivity index (χ3v) is 3.05. The highest BCUT2D eigenvalue weighted by molar-refractivity contribution is 5.78. The van der Waals surface area contributed by atoms with Gasteiger partial charge in [0.1, 0.15) is 0 Å². The molecule has 88 valence electrons. The zero-order valence-electron chi connectivity index (χ0n) is 10.2. The highest BCUT2D eigenvalue weighted by Gasteiger charge is 2.29. The van der Waals surface area contributed by atoms with E-state index in [2.05, 4.69) is 12.2 Å². The van der Waals surface area contributed by atoms with Crippen LogP contribution in [0.4, 0.5) is 0 Å². The number of rotatable bonds is 4. The monoisotopic (exact) mass is 214 g/mol. The molecule has 0 radical (unpaired) electrons. The molecule has 0 aliphatic carbocycles. The first-order valence-corrected chi connectivity index (χ1v) is 5.53. The first kappa shape index (κ1) is 12.5. The number of ether oxygens (including phenoxy) is 1. The van der Waals surface area contributed by atoms with Gasteiger partial charge in [-0.2, -0.15) is 0 Å². The quantitative estimate of drug-likeness (QED) is 0.746. The fourth-order valence-corrected chi connectivity index (χ4v) is 1.51. The molecule has 1 saturated heterocycles. The Hall–Kier alpha value is -0.610. The molecular weight excluding hydrogens is 192 g/mol. The van der Waals surface area contributed by atoms with Crippen molar-refractivity contribution in [3.05, 3.63) is 0 Å². The van der Waals surface area contributed by atoms with E-state index in [1.54, 1.807) is 4.90 Å². The van der Waals surface area contributed by atoms with Gasteiger partial charge >= 0.3 is 0 Å². The van der Waals surface area contributed by atoms with E-state index < -0.39 is 0 Å². The van der Waals surface area contributed by atoms with Crippen molar-refractivity contribution in [2.45, 2.75) is 38.8 Å². The average Bonchev–Trinajstić information content (AvgIpc) is 2.61. The number of nitrogens with one attached hydrogen (secondary N) is 1. The van der Waals surface area contributed by atoms with Crippen molar-refractivity contribution in [1.82, 2.24) is 10.2 Å². The lowest BCUT2D eigenvalue weighted by Crippen LogP contribution is -2.49. The summed E-state index contributed by atoms with van der Waals surface area (Å²) in [6.07, 6.45) is 0.978. The predicted molar refractivity (Wildman–Crippen MR) is 59.7 cm³/mol. The molecule has 0 aromatic rings. The van der Waals surface area contributed by atoms with Crippen molar-refractivity contribution in [1.29, 1.82) is 0 Å². The molecule has 0 aromatic heterocycles. The maximum Gasteiger partial charge on any atom is 0.236 e. The molecule has 4 heteroatoms. The molecule has 1 N–H and O–H groups in total. The summed E-state index contributed by atoms with van der Waals surface area (Å²) in [5, 5.41) is 3.28. The van der Waals surface area contributed by atoms with Crippen molar-refractivity contribution < 1.29 is 9.53 Å². The van der Waals surface area contributed by atoms with Crippen LogP contribution in [-0.2, 0) is 9.53 Å². The van der Waals surface area contributed by atoms with Crippen LogP contribution in [0.3, 0.4) is 0 Å². The van der Waals surface area contributed by atoms with E-state index in [9.17, 15) is 4.79 Å². The molecule has 1 unspecified atom stereocenters. The predicted octanol–water partition coefficient (Wildman–Crippen LogP) is 0.622. The highest BCUT2D eigenvalue weighted by atomic mass is 16.5. The maximum absolute atomic E-state index is 11.7. The van der Waals surface area contributed by atoms with Gasteiger partial charge in [-0.1, -0.05) is 0 Å². The lowest BCUT2D eigenvalue weighted by atomic mass is 10.0. The minimum atomic E-state index is -0.0204. The van der Waals surface area contributed by atoms with Crippen LogP contribution in [0.2, 0.25) is 0 Å². The molecule has 1 atom stereocenters. The van der Waals surface area contributed by atoms with Crippen molar-refractivity contribution in [2.24, 2.45) is 0 Å². The standard InChI is InChI=1S/C11H22N2O2/c1-9(2)13(4)10(14)7-12-11(3)5-6-15-8-11/h9,12H,5-8H2,1-4H3. The fraction of sp³-hybridized carbons (Fsp3) is 0.909. The molecular formula is C11H22N2O2. The minimum Gasteiger partial charge on any atom is -0.379 e. The van der Waals surface area contributed by atoms with Crippen LogP contribution < -0.4 is 5.32 Å². The number of nitrogens with zero attached hydrogens (tertiary/aromatic N) is 1. The Bertz CT molecular complexity index is 223. The van der Waals surface area contributed by atoms with Gasteiger partial charge in [0.25, 0.3) is 0 Å². The molecule has 1 rings (SSSR count). The van der Waals surface area contributed by atoms with Gasteiger partial charge < -0.3 is 15.0 Å². The molecule has 0 saturated carbocycles. The Balaban J connectivity index is 2.33. The Morgan fingerprint density at radius 2 is 2.27 bits per heavy atom. The first-order valence-electron chi connectivity index (χ1n) is 5.53. The number of hydrogen-bond donors (Lipinski definition) is 1. The second kappa shape index (κ2) is 4.94. The normalized spacial score (nSPS) is 25.9. The molecule has 15 heavy (non-hydrogen) atoms. The molecule has 1 aliphatic heterocycles. The second-order valence-electron chi connectivity index (χ2n) is 4.82. The second-order valence-corrected chi connectivity index (χ2v) is 4.82. The number of likely N-dealkylation sites (N-methyl/N-ethyl adjacent to an activating group) is 1. The highest BCUT2D eigenvalue weighted by Crippen LogP contribution is 2.16. The maximum atomic E-state index is 11.7. The zero-order chi connectivity index (χ0) is 11.5. The number of amides is 1. The summed E-state index contributed by atoms with van der Waals surface area (Å²) in [7, 11) is 1.84. The zero-order valence-corrected chi connectivity index (χ0v) is 10.2. The number of carbonyl (C=O) groups excluding carboxylic acids is 1. The van der Waals surface area contributed by atoms with E-state index in [1.165, 1.54) is 0 Å². The van der Waals surface area contributed by atoms with Crippen LogP contribution >= 0.6 is 0 Å². The topological polar surface area (TPSA) is 41.6 Å². The van der Waals surface area contributed by atoms with Gasteiger partial charge in [0.15, 0.2) is 0 Å². The molecule has 1 fully saturated rings. The van der Waals surface area contributed by atoms with Crippen molar-refractivity contribution in [3.8, 4) is 0 Å². The molecule has 0 aromatic carbocycles. The summed E-state index contributed by atoms with van der Waals surface area (Å²) in [6.45, 7) is 8.01. The van der Waals surface area contributed by atoms with E-state index >= 15 is 0 Å². The largest absolute Gasteiger partial charge is 0.379 e. The van der Waals surface area contributed by atoms with E-state index in [0.717, 1.165) is 13.0 Å². The van der Waals surface area contributed by atoms with Crippen LogP contribution in [0.15, 0.2) is 0 Å². The van der Waals surface area contributed by atoms with Crippen LogP contribution in [0.5, 0.6) is 0 Å². The van der Waals surface area contributed by atoms with Gasteiger partial charge in [0.05, 0.1) is 13.2 Å². The van der Waals surface area contributed by atoms with E-state index in [1.807, 2.05) is 20.9 Å².